The number of benzene rings is 2. The van der Waals surface area contributed by atoms with Crippen molar-refractivity contribution in [1.29, 1.82) is 0 Å². The van der Waals surface area contributed by atoms with Crippen molar-refractivity contribution in [2.75, 3.05) is 5.75 Å². The first-order chi connectivity index (χ1) is 15.9. The van der Waals surface area contributed by atoms with Gasteiger partial charge in [-0.25, -0.2) is 14.8 Å². The highest BCUT2D eigenvalue weighted by molar-refractivity contribution is 8.00. The van der Waals surface area contributed by atoms with Crippen molar-refractivity contribution < 1.29 is 4.79 Å². The van der Waals surface area contributed by atoms with Gasteiger partial charge in [0, 0.05) is 31.2 Å². The third-order valence-corrected chi connectivity index (χ3v) is 6.42. The van der Waals surface area contributed by atoms with Gasteiger partial charge in [-0.05, 0) is 11.6 Å². The van der Waals surface area contributed by atoms with E-state index in [2.05, 4.69) is 15.3 Å². The molecule has 4 aromatic rings. The second kappa shape index (κ2) is 9.60. The molecular weight excluding hydrogens is 462 g/mol. The van der Waals surface area contributed by atoms with Crippen molar-refractivity contribution in [2.24, 2.45) is 14.1 Å². The third kappa shape index (κ3) is 4.69. The van der Waals surface area contributed by atoms with Crippen molar-refractivity contribution in [3.05, 3.63) is 86.0 Å². The molecule has 2 aromatic heterocycles. The van der Waals surface area contributed by atoms with Crippen LogP contribution in [0.3, 0.4) is 0 Å². The predicted octanol–water partition coefficient (Wildman–Crippen LogP) is 2.76. The lowest BCUT2D eigenvalue weighted by Gasteiger charge is -2.12. The molecule has 8 nitrogen and oxygen atoms in total. The molecule has 2 heterocycles. The fourth-order valence-electron chi connectivity index (χ4n) is 3.27. The molecule has 0 bridgehead atoms. The highest BCUT2D eigenvalue weighted by atomic mass is 35.5. The van der Waals surface area contributed by atoms with Crippen LogP contribution in [0.2, 0.25) is 5.02 Å². The fraction of sp³-hybridized carbons (Fsp3) is 0.174. The number of aromatic nitrogens is 4. The summed E-state index contributed by atoms with van der Waals surface area (Å²) in [6.45, 7) is 0.287. The topological polar surface area (TPSA) is 98.9 Å². The third-order valence-electron chi connectivity index (χ3n) is 5.07. The molecular formula is C23H20ClN5O3S. The van der Waals surface area contributed by atoms with E-state index in [1.54, 1.807) is 13.1 Å². The maximum atomic E-state index is 12.9. The average molecular weight is 482 g/mol. The number of hydrogen-bond donors (Lipinski definition) is 1. The molecule has 33 heavy (non-hydrogen) atoms. The number of halogens is 1. The van der Waals surface area contributed by atoms with Crippen molar-refractivity contribution in [1.82, 2.24) is 24.4 Å². The lowest BCUT2D eigenvalue weighted by molar-refractivity contribution is -0.118. The minimum Gasteiger partial charge on any atom is -0.351 e. The lowest BCUT2D eigenvalue weighted by atomic mass is 10.2. The molecule has 0 saturated heterocycles. The van der Waals surface area contributed by atoms with Gasteiger partial charge in [0.2, 0.25) is 5.91 Å². The second-order valence-electron chi connectivity index (χ2n) is 7.28. The van der Waals surface area contributed by atoms with Crippen LogP contribution >= 0.6 is 23.4 Å². The Hall–Kier alpha value is -3.43. The first-order valence-electron chi connectivity index (χ1n) is 10.0. The van der Waals surface area contributed by atoms with Gasteiger partial charge < -0.3 is 5.32 Å². The summed E-state index contributed by atoms with van der Waals surface area (Å²) in [6.07, 6.45) is 0. The summed E-state index contributed by atoms with van der Waals surface area (Å²) in [6, 6.07) is 16.5. The molecule has 0 aliphatic carbocycles. The van der Waals surface area contributed by atoms with Crippen LogP contribution in [0.25, 0.3) is 22.4 Å². The van der Waals surface area contributed by atoms with Crippen molar-refractivity contribution in [3.63, 3.8) is 0 Å². The van der Waals surface area contributed by atoms with Gasteiger partial charge in [-0.2, -0.15) is 0 Å². The van der Waals surface area contributed by atoms with Crippen LogP contribution in [0.15, 0.2) is 69.2 Å². The largest absolute Gasteiger partial charge is 0.351 e. The molecule has 0 unspecified atom stereocenters. The van der Waals surface area contributed by atoms with Crippen LogP contribution in [0.5, 0.6) is 0 Å². The molecule has 1 N–H and O–H groups in total. The molecule has 0 atom stereocenters. The monoisotopic (exact) mass is 481 g/mol. The number of nitrogens with zero attached hydrogens (tertiary/aromatic N) is 4. The number of hydrogen-bond acceptors (Lipinski definition) is 6. The first-order valence-corrected chi connectivity index (χ1v) is 11.4. The van der Waals surface area contributed by atoms with Gasteiger partial charge in [-0.1, -0.05) is 71.9 Å². The summed E-state index contributed by atoms with van der Waals surface area (Å²) in [7, 11) is 2.95. The van der Waals surface area contributed by atoms with Crippen molar-refractivity contribution >= 4 is 40.3 Å². The van der Waals surface area contributed by atoms with E-state index in [0.717, 1.165) is 27.5 Å². The molecule has 10 heteroatoms. The number of fused-ring (bicyclic) bond motifs is 1. The Labute approximate surface area is 198 Å². The molecule has 0 aliphatic rings. The summed E-state index contributed by atoms with van der Waals surface area (Å²) in [5.41, 5.74) is 0.763. The number of carbonyl (C=O) groups is 1. The van der Waals surface area contributed by atoms with E-state index in [1.807, 2.05) is 48.5 Å². The predicted molar refractivity (Wildman–Crippen MR) is 129 cm³/mol. The van der Waals surface area contributed by atoms with Gasteiger partial charge in [-0.3, -0.25) is 18.7 Å². The van der Waals surface area contributed by atoms with Crippen LogP contribution in [-0.2, 0) is 25.4 Å². The molecule has 0 radical (unpaired) electrons. The Morgan fingerprint density at radius 3 is 2.42 bits per heavy atom. The molecule has 1 amide bonds. The molecule has 168 valence electrons. The molecule has 0 fully saturated rings. The smallest absolute Gasteiger partial charge is 0.332 e. The van der Waals surface area contributed by atoms with E-state index in [1.165, 1.54) is 11.6 Å². The fourth-order valence-corrected chi connectivity index (χ4v) is 4.32. The van der Waals surface area contributed by atoms with Crippen LogP contribution in [0.4, 0.5) is 0 Å². The molecule has 0 aliphatic heterocycles. The van der Waals surface area contributed by atoms with Gasteiger partial charge >= 0.3 is 5.69 Å². The maximum absolute atomic E-state index is 12.9. The zero-order valence-electron chi connectivity index (χ0n) is 17.9. The van der Waals surface area contributed by atoms with E-state index >= 15 is 0 Å². The summed E-state index contributed by atoms with van der Waals surface area (Å²) in [5, 5.41) is 3.93. The highest BCUT2D eigenvalue weighted by Crippen LogP contribution is 2.26. The van der Waals surface area contributed by atoms with Gasteiger partial charge in [0.15, 0.2) is 11.5 Å². The van der Waals surface area contributed by atoms with Gasteiger partial charge in [0.25, 0.3) is 5.56 Å². The number of rotatable bonds is 6. The Bertz CT molecular complexity index is 1470. The Morgan fingerprint density at radius 1 is 1.00 bits per heavy atom. The van der Waals surface area contributed by atoms with E-state index in [-0.39, 0.29) is 29.2 Å². The van der Waals surface area contributed by atoms with Crippen LogP contribution in [0, 0.1) is 0 Å². The summed E-state index contributed by atoms with van der Waals surface area (Å²) in [5.74, 6) is 0.150. The van der Waals surface area contributed by atoms with Gasteiger partial charge in [0.1, 0.15) is 10.4 Å². The SMILES string of the molecule is Cn1c(=O)c2c(SCC(=O)NCc3ccccc3Cl)nc(-c3ccccc3)nc2n(C)c1=O. The second-order valence-corrected chi connectivity index (χ2v) is 8.65. The Morgan fingerprint density at radius 2 is 1.70 bits per heavy atom. The molecule has 0 saturated carbocycles. The number of carbonyl (C=O) groups excluding carboxylic acids is 1. The lowest BCUT2D eigenvalue weighted by Crippen LogP contribution is -2.37. The number of thioether (sulfide) groups is 1. The van der Waals surface area contributed by atoms with Gasteiger partial charge in [-0.15, -0.1) is 0 Å². The van der Waals surface area contributed by atoms with E-state index in [9.17, 15) is 14.4 Å². The number of nitrogens with one attached hydrogen (secondary N) is 1. The zero-order valence-corrected chi connectivity index (χ0v) is 19.5. The Kier molecular flexibility index (Phi) is 6.62. The summed E-state index contributed by atoms with van der Waals surface area (Å²) < 4.78 is 2.32. The van der Waals surface area contributed by atoms with Crippen LogP contribution in [0.1, 0.15) is 5.56 Å². The number of amides is 1. The molecule has 2 aromatic carbocycles. The zero-order chi connectivity index (χ0) is 23.5. The van der Waals surface area contributed by atoms with Crippen molar-refractivity contribution in [2.45, 2.75) is 11.6 Å². The average Bonchev–Trinajstić information content (AvgIpc) is 2.84. The normalized spacial score (nSPS) is 11.0. The van der Waals surface area contributed by atoms with Crippen LogP contribution < -0.4 is 16.6 Å². The Balaban J connectivity index is 1.68. The van der Waals surface area contributed by atoms with Crippen molar-refractivity contribution in [3.8, 4) is 11.4 Å². The van der Waals surface area contributed by atoms with Gasteiger partial charge in [0.05, 0.1) is 5.75 Å². The minimum atomic E-state index is -0.508. The maximum Gasteiger partial charge on any atom is 0.332 e. The van der Waals surface area contributed by atoms with E-state index in [0.29, 0.717) is 15.9 Å². The molecule has 4 rings (SSSR count). The number of aryl methyl sites for hydroxylation is 1. The van der Waals surface area contributed by atoms with E-state index in [4.69, 9.17) is 11.6 Å². The molecule has 0 spiro atoms. The minimum absolute atomic E-state index is 0.0246. The van der Waals surface area contributed by atoms with E-state index < -0.39 is 11.2 Å². The summed E-state index contributed by atoms with van der Waals surface area (Å²) >= 11 is 7.26. The summed E-state index contributed by atoms with van der Waals surface area (Å²) in [4.78, 5) is 46.9. The standard InChI is InChI=1S/C23H20ClN5O3S/c1-28-20-18(22(31)29(2)23(28)32)21(27-19(26-20)14-8-4-3-5-9-14)33-13-17(30)25-12-15-10-6-7-11-16(15)24/h3-11H,12-13H2,1-2H3,(H,25,30). The first kappa shape index (κ1) is 22.8. The quantitative estimate of drug-likeness (QED) is 0.336. The van der Waals surface area contributed by atoms with Crippen LogP contribution in [-0.4, -0.2) is 30.8 Å². The highest BCUT2D eigenvalue weighted by Gasteiger charge is 2.19.